The van der Waals surface area contributed by atoms with Crippen LogP contribution in [-0.4, -0.2) is 22.6 Å². The molecule has 1 rings (SSSR count). The summed E-state index contributed by atoms with van der Waals surface area (Å²) in [5.74, 6) is -2.00. The number of benzene rings is 1. The van der Waals surface area contributed by atoms with E-state index in [1.54, 1.807) is 0 Å². The summed E-state index contributed by atoms with van der Waals surface area (Å²) in [6.45, 7) is 0. The molecule has 0 aromatic heterocycles. The molecule has 3 nitrogen and oxygen atoms in total. The second-order valence-corrected chi connectivity index (χ2v) is 4.65. The molecule has 0 aliphatic carbocycles. The van der Waals surface area contributed by atoms with Gasteiger partial charge in [-0.3, -0.25) is 9.59 Å². The Balaban J connectivity index is 2.82. The second-order valence-electron chi connectivity index (χ2n) is 3.47. The molecule has 0 bridgehead atoms. The molecule has 1 N–H and O–H groups in total. The van der Waals surface area contributed by atoms with E-state index < -0.39 is 11.9 Å². The Kier molecular flexibility index (Phi) is 5.31. The summed E-state index contributed by atoms with van der Waals surface area (Å²) >= 11 is 15.4. The zero-order valence-corrected chi connectivity index (χ0v) is 11.1. The van der Waals surface area contributed by atoms with Crippen LogP contribution in [0.2, 0.25) is 10.0 Å². The number of aliphatic carboxylic acids is 1. The van der Waals surface area contributed by atoms with Crippen LogP contribution in [0.5, 0.6) is 0 Å². The molecule has 0 heterocycles. The second kappa shape index (κ2) is 6.28. The third-order valence-corrected chi connectivity index (χ3v) is 3.42. The summed E-state index contributed by atoms with van der Waals surface area (Å²) in [7, 11) is 0. The smallest absolute Gasteiger partial charge is 0.307 e. The van der Waals surface area contributed by atoms with E-state index in [-0.39, 0.29) is 23.0 Å². The first-order valence-corrected chi connectivity index (χ1v) is 6.16. The first kappa shape index (κ1) is 14.4. The highest BCUT2D eigenvalue weighted by Gasteiger charge is 2.20. The van der Waals surface area contributed by atoms with E-state index in [9.17, 15) is 9.59 Å². The molecule has 17 heavy (non-hydrogen) atoms. The van der Waals surface area contributed by atoms with Crippen molar-refractivity contribution in [1.29, 1.82) is 0 Å². The van der Waals surface area contributed by atoms with Crippen molar-refractivity contribution in [3.63, 3.8) is 0 Å². The zero-order chi connectivity index (χ0) is 13.0. The summed E-state index contributed by atoms with van der Waals surface area (Å²) in [5.41, 5.74) is 0.354. The SMILES string of the molecule is O=C(C[C@H](CS)C(=O)O)c1ccc(Cl)c(Cl)c1. The van der Waals surface area contributed by atoms with Gasteiger partial charge in [-0.25, -0.2) is 0 Å². The Bertz CT molecular complexity index is 448. The van der Waals surface area contributed by atoms with Gasteiger partial charge >= 0.3 is 5.97 Å². The van der Waals surface area contributed by atoms with Crippen LogP contribution in [0.15, 0.2) is 18.2 Å². The monoisotopic (exact) mass is 292 g/mol. The lowest BCUT2D eigenvalue weighted by Gasteiger charge is -2.08. The average molecular weight is 293 g/mol. The van der Waals surface area contributed by atoms with Crippen molar-refractivity contribution < 1.29 is 14.7 Å². The summed E-state index contributed by atoms with van der Waals surface area (Å²) in [6, 6.07) is 4.46. The molecule has 1 aromatic carbocycles. The predicted molar refractivity (Wildman–Crippen MR) is 70.4 cm³/mol. The Morgan fingerprint density at radius 3 is 2.41 bits per heavy atom. The van der Waals surface area contributed by atoms with Crippen LogP contribution in [0.3, 0.4) is 0 Å². The topological polar surface area (TPSA) is 54.4 Å². The van der Waals surface area contributed by atoms with Crippen molar-refractivity contribution in [1.82, 2.24) is 0 Å². The van der Waals surface area contributed by atoms with Crippen molar-refractivity contribution in [2.45, 2.75) is 6.42 Å². The van der Waals surface area contributed by atoms with E-state index in [1.165, 1.54) is 18.2 Å². The van der Waals surface area contributed by atoms with Crippen LogP contribution in [0.4, 0.5) is 0 Å². The van der Waals surface area contributed by atoms with Crippen LogP contribution >= 0.6 is 35.8 Å². The highest BCUT2D eigenvalue weighted by Crippen LogP contribution is 2.24. The molecule has 6 heteroatoms. The average Bonchev–Trinajstić information content (AvgIpc) is 2.28. The van der Waals surface area contributed by atoms with Gasteiger partial charge in [-0.05, 0) is 18.2 Å². The molecule has 0 spiro atoms. The molecule has 0 radical (unpaired) electrons. The van der Waals surface area contributed by atoms with Gasteiger partial charge in [0.15, 0.2) is 5.78 Å². The van der Waals surface area contributed by atoms with Crippen LogP contribution in [-0.2, 0) is 4.79 Å². The van der Waals surface area contributed by atoms with E-state index in [2.05, 4.69) is 12.6 Å². The number of carboxylic acid groups (broad SMARTS) is 1. The number of Topliss-reactive ketones (excluding diaryl/α,β-unsaturated/α-hetero) is 1. The Labute approximate surface area is 114 Å². The number of ketones is 1. The minimum atomic E-state index is -1.03. The number of rotatable bonds is 5. The first-order valence-electron chi connectivity index (χ1n) is 4.77. The third-order valence-electron chi connectivity index (χ3n) is 2.24. The quantitative estimate of drug-likeness (QED) is 0.647. The molecule has 0 saturated heterocycles. The molecule has 0 saturated carbocycles. The summed E-state index contributed by atoms with van der Waals surface area (Å²) in [6.07, 6.45) is -0.100. The van der Waals surface area contributed by atoms with Crippen LogP contribution in [0.1, 0.15) is 16.8 Å². The fraction of sp³-hybridized carbons (Fsp3) is 0.273. The minimum absolute atomic E-state index is 0.100. The molecular formula is C11H10Cl2O3S. The number of halogens is 2. The maximum Gasteiger partial charge on any atom is 0.307 e. The molecule has 0 amide bonds. The van der Waals surface area contributed by atoms with E-state index >= 15 is 0 Å². The van der Waals surface area contributed by atoms with Crippen molar-refractivity contribution in [2.75, 3.05) is 5.75 Å². The van der Waals surface area contributed by atoms with Gasteiger partial charge in [0.1, 0.15) is 0 Å². The van der Waals surface area contributed by atoms with Gasteiger partial charge in [0.25, 0.3) is 0 Å². The molecule has 1 atom stereocenters. The lowest BCUT2D eigenvalue weighted by molar-refractivity contribution is -0.140. The molecule has 0 aliphatic heterocycles. The molecular weight excluding hydrogens is 283 g/mol. The highest BCUT2D eigenvalue weighted by atomic mass is 35.5. The summed E-state index contributed by atoms with van der Waals surface area (Å²) in [4.78, 5) is 22.6. The highest BCUT2D eigenvalue weighted by molar-refractivity contribution is 7.80. The van der Waals surface area contributed by atoms with Crippen molar-refractivity contribution in [3.05, 3.63) is 33.8 Å². The van der Waals surface area contributed by atoms with Crippen LogP contribution in [0, 0.1) is 5.92 Å². The normalized spacial score (nSPS) is 12.2. The Morgan fingerprint density at radius 1 is 1.29 bits per heavy atom. The molecule has 0 unspecified atom stereocenters. The van der Waals surface area contributed by atoms with Gasteiger partial charge < -0.3 is 5.11 Å². The lowest BCUT2D eigenvalue weighted by Crippen LogP contribution is -2.19. The maximum atomic E-state index is 11.8. The molecule has 0 fully saturated rings. The van der Waals surface area contributed by atoms with E-state index in [0.29, 0.717) is 10.6 Å². The molecule has 1 aromatic rings. The van der Waals surface area contributed by atoms with Crippen molar-refractivity contribution >= 4 is 47.6 Å². The summed E-state index contributed by atoms with van der Waals surface area (Å²) < 4.78 is 0. The van der Waals surface area contributed by atoms with E-state index in [4.69, 9.17) is 28.3 Å². The fourth-order valence-corrected chi connectivity index (χ4v) is 1.82. The van der Waals surface area contributed by atoms with Gasteiger partial charge in [0, 0.05) is 17.7 Å². The van der Waals surface area contributed by atoms with Gasteiger partial charge in [0.05, 0.1) is 16.0 Å². The van der Waals surface area contributed by atoms with Crippen LogP contribution < -0.4 is 0 Å². The summed E-state index contributed by atoms with van der Waals surface area (Å²) in [5, 5.41) is 9.45. The van der Waals surface area contributed by atoms with Gasteiger partial charge in [-0.15, -0.1) is 0 Å². The number of thiol groups is 1. The number of hydrogen-bond acceptors (Lipinski definition) is 3. The van der Waals surface area contributed by atoms with Gasteiger partial charge in [-0.2, -0.15) is 12.6 Å². The van der Waals surface area contributed by atoms with Gasteiger partial charge in [0.2, 0.25) is 0 Å². The number of carbonyl (C=O) groups excluding carboxylic acids is 1. The lowest BCUT2D eigenvalue weighted by atomic mass is 10.00. The number of carboxylic acids is 1. The predicted octanol–water partition coefficient (Wildman–Crippen LogP) is 3.20. The maximum absolute atomic E-state index is 11.8. The zero-order valence-electron chi connectivity index (χ0n) is 8.69. The first-order chi connectivity index (χ1) is 7.95. The minimum Gasteiger partial charge on any atom is -0.481 e. The van der Waals surface area contributed by atoms with Crippen molar-refractivity contribution in [2.24, 2.45) is 5.92 Å². The van der Waals surface area contributed by atoms with E-state index in [0.717, 1.165) is 0 Å². The third kappa shape index (κ3) is 3.91. The molecule has 0 aliphatic rings. The fourth-order valence-electron chi connectivity index (χ4n) is 1.24. The Morgan fingerprint density at radius 2 is 1.94 bits per heavy atom. The standard InChI is InChI=1S/C11H10Cl2O3S/c12-8-2-1-6(3-9(8)13)10(14)4-7(5-17)11(15)16/h1-3,7,17H,4-5H2,(H,15,16)/t7-/m1/s1. The largest absolute Gasteiger partial charge is 0.481 e. The number of carbonyl (C=O) groups is 2. The number of hydrogen-bond donors (Lipinski definition) is 2. The van der Waals surface area contributed by atoms with Crippen LogP contribution in [0.25, 0.3) is 0 Å². The van der Waals surface area contributed by atoms with Crippen molar-refractivity contribution in [3.8, 4) is 0 Å². The Hall–Kier alpha value is -0.710. The van der Waals surface area contributed by atoms with Gasteiger partial charge in [-0.1, -0.05) is 23.2 Å². The molecule has 92 valence electrons. The van der Waals surface area contributed by atoms with E-state index in [1.807, 2.05) is 0 Å².